The lowest BCUT2D eigenvalue weighted by Gasteiger charge is -2.23. The minimum Gasteiger partial charge on any atom is -0.350 e. The summed E-state index contributed by atoms with van der Waals surface area (Å²) >= 11 is 0. The van der Waals surface area contributed by atoms with Crippen molar-refractivity contribution in [3.05, 3.63) is 72.0 Å². The molecule has 0 aliphatic carbocycles. The molecule has 1 amide bonds. The smallest absolute Gasteiger partial charge is 0.292 e. The summed E-state index contributed by atoms with van der Waals surface area (Å²) in [6.45, 7) is 1.91. The van der Waals surface area contributed by atoms with E-state index < -0.39 is 0 Å². The molecule has 6 heteroatoms. The summed E-state index contributed by atoms with van der Waals surface area (Å²) in [6, 6.07) is 11.1. The van der Waals surface area contributed by atoms with Crippen molar-refractivity contribution in [2.24, 2.45) is 0 Å². The summed E-state index contributed by atoms with van der Waals surface area (Å²) in [6.07, 6.45) is 3.36. The SMILES string of the molecule is CC(c1ccncc1)N(C)C(=O)c1cc(-c2cccc(F)c2)no1. The summed E-state index contributed by atoms with van der Waals surface area (Å²) in [5, 5.41) is 3.86. The third-order valence-electron chi connectivity index (χ3n) is 3.93. The van der Waals surface area contributed by atoms with Crippen LogP contribution in [0, 0.1) is 5.82 Å². The molecule has 0 bridgehead atoms. The van der Waals surface area contributed by atoms with Crippen LogP contribution in [0.2, 0.25) is 0 Å². The van der Waals surface area contributed by atoms with Gasteiger partial charge in [0.15, 0.2) is 0 Å². The minimum absolute atomic E-state index is 0.109. The highest BCUT2D eigenvalue weighted by molar-refractivity contribution is 5.92. The Morgan fingerprint density at radius 1 is 1.21 bits per heavy atom. The topological polar surface area (TPSA) is 59.2 Å². The van der Waals surface area contributed by atoms with Crippen LogP contribution in [0.15, 0.2) is 59.4 Å². The third-order valence-corrected chi connectivity index (χ3v) is 3.93. The highest BCUT2D eigenvalue weighted by Crippen LogP contribution is 2.23. The van der Waals surface area contributed by atoms with E-state index in [0.717, 1.165) is 5.56 Å². The number of hydrogen-bond acceptors (Lipinski definition) is 4. The zero-order valence-electron chi connectivity index (χ0n) is 13.3. The fourth-order valence-corrected chi connectivity index (χ4v) is 2.38. The molecule has 2 heterocycles. The summed E-state index contributed by atoms with van der Waals surface area (Å²) in [5.74, 6) is -0.557. The number of halogens is 1. The van der Waals surface area contributed by atoms with Gasteiger partial charge in [0.25, 0.3) is 5.91 Å². The van der Waals surface area contributed by atoms with Crippen molar-refractivity contribution in [2.45, 2.75) is 13.0 Å². The first-order chi connectivity index (χ1) is 11.6. The number of rotatable bonds is 4. The summed E-state index contributed by atoms with van der Waals surface area (Å²) in [5.41, 5.74) is 1.94. The van der Waals surface area contributed by atoms with E-state index in [0.29, 0.717) is 11.3 Å². The maximum Gasteiger partial charge on any atom is 0.292 e. The molecule has 0 aliphatic rings. The van der Waals surface area contributed by atoms with E-state index >= 15 is 0 Å². The molecule has 2 aromatic heterocycles. The number of pyridine rings is 1. The highest BCUT2D eigenvalue weighted by atomic mass is 19.1. The summed E-state index contributed by atoms with van der Waals surface area (Å²) in [7, 11) is 1.69. The Morgan fingerprint density at radius 2 is 1.96 bits per heavy atom. The van der Waals surface area contributed by atoms with E-state index in [9.17, 15) is 9.18 Å². The first kappa shape index (κ1) is 15.9. The molecule has 1 aromatic carbocycles. The predicted octanol–water partition coefficient (Wildman–Crippen LogP) is 3.71. The van der Waals surface area contributed by atoms with Crippen LogP contribution in [0.5, 0.6) is 0 Å². The van der Waals surface area contributed by atoms with Crippen LogP contribution in [-0.2, 0) is 0 Å². The van der Waals surface area contributed by atoms with Crippen molar-refractivity contribution in [1.29, 1.82) is 0 Å². The maximum atomic E-state index is 13.3. The van der Waals surface area contributed by atoms with Crippen molar-refractivity contribution in [1.82, 2.24) is 15.0 Å². The van der Waals surface area contributed by atoms with Gasteiger partial charge in [0.2, 0.25) is 5.76 Å². The van der Waals surface area contributed by atoms with Gasteiger partial charge >= 0.3 is 0 Å². The molecule has 1 atom stereocenters. The van der Waals surface area contributed by atoms with Gasteiger partial charge in [0, 0.05) is 31.1 Å². The van der Waals surface area contributed by atoms with Crippen LogP contribution in [0.4, 0.5) is 4.39 Å². The van der Waals surface area contributed by atoms with E-state index in [1.54, 1.807) is 36.5 Å². The van der Waals surface area contributed by atoms with Gasteiger partial charge in [0.1, 0.15) is 11.5 Å². The monoisotopic (exact) mass is 325 g/mol. The zero-order chi connectivity index (χ0) is 17.1. The highest BCUT2D eigenvalue weighted by Gasteiger charge is 2.23. The van der Waals surface area contributed by atoms with Crippen molar-refractivity contribution >= 4 is 5.91 Å². The second-order valence-corrected chi connectivity index (χ2v) is 5.46. The average Bonchev–Trinajstić information content (AvgIpc) is 3.10. The first-order valence-electron chi connectivity index (χ1n) is 7.46. The van der Waals surface area contributed by atoms with Crippen LogP contribution in [0.25, 0.3) is 11.3 Å². The molecular formula is C18H16FN3O2. The molecule has 122 valence electrons. The van der Waals surface area contributed by atoms with Gasteiger partial charge in [-0.05, 0) is 36.8 Å². The Balaban J connectivity index is 1.81. The molecule has 0 aliphatic heterocycles. The lowest BCUT2D eigenvalue weighted by atomic mass is 10.1. The Bertz CT molecular complexity index is 848. The summed E-state index contributed by atoms with van der Waals surface area (Å²) < 4.78 is 18.5. The molecule has 3 rings (SSSR count). The standard InChI is InChI=1S/C18H16FN3O2/c1-12(13-6-8-20-9-7-13)22(2)18(23)17-11-16(21-24-17)14-4-3-5-15(19)10-14/h3-12H,1-2H3. The molecule has 0 saturated heterocycles. The maximum absolute atomic E-state index is 13.3. The first-order valence-corrected chi connectivity index (χ1v) is 7.46. The second kappa shape index (κ2) is 6.62. The van der Waals surface area contributed by atoms with E-state index in [2.05, 4.69) is 10.1 Å². The predicted molar refractivity (Wildman–Crippen MR) is 86.6 cm³/mol. The van der Waals surface area contributed by atoms with Crippen molar-refractivity contribution < 1.29 is 13.7 Å². The molecular weight excluding hydrogens is 309 g/mol. The van der Waals surface area contributed by atoms with Crippen LogP contribution >= 0.6 is 0 Å². The Hall–Kier alpha value is -3.02. The van der Waals surface area contributed by atoms with Crippen LogP contribution in [-0.4, -0.2) is 28.0 Å². The van der Waals surface area contributed by atoms with Gasteiger partial charge in [-0.25, -0.2) is 4.39 Å². The lowest BCUT2D eigenvalue weighted by Crippen LogP contribution is -2.29. The van der Waals surface area contributed by atoms with Gasteiger partial charge in [-0.15, -0.1) is 0 Å². The molecule has 0 radical (unpaired) electrons. The molecule has 1 unspecified atom stereocenters. The largest absolute Gasteiger partial charge is 0.350 e. The molecule has 0 fully saturated rings. The Labute approximate surface area is 138 Å². The normalized spacial score (nSPS) is 12.0. The number of hydrogen-bond donors (Lipinski definition) is 0. The molecule has 0 spiro atoms. The van der Waals surface area contributed by atoms with Gasteiger partial charge in [0.05, 0.1) is 6.04 Å². The van der Waals surface area contributed by atoms with Crippen molar-refractivity contribution in [3.63, 3.8) is 0 Å². The van der Waals surface area contributed by atoms with E-state index in [1.807, 2.05) is 19.1 Å². The molecule has 0 saturated carbocycles. The Kier molecular flexibility index (Phi) is 4.37. The van der Waals surface area contributed by atoms with Crippen LogP contribution < -0.4 is 0 Å². The average molecular weight is 325 g/mol. The number of carbonyl (C=O) groups is 1. The fourth-order valence-electron chi connectivity index (χ4n) is 2.38. The molecule has 0 N–H and O–H groups in total. The quantitative estimate of drug-likeness (QED) is 0.734. The second-order valence-electron chi connectivity index (χ2n) is 5.46. The van der Waals surface area contributed by atoms with Gasteiger partial charge in [-0.1, -0.05) is 17.3 Å². The van der Waals surface area contributed by atoms with E-state index in [4.69, 9.17) is 4.52 Å². The van der Waals surface area contributed by atoms with Crippen LogP contribution in [0.1, 0.15) is 29.1 Å². The van der Waals surface area contributed by atoms with E-state index in [1.165, 1.54) is 18.2 Å². The lowest BCUT2D eigenvalue weighted by molar-refractivity contribution is 0.0700. The number of nitrogens with zero attached hydrogens (tertiary/aromatic N) is 3. The molecule has 24 heavy (non-hydrogen) atoms. The fraction of sp³-hybridized carbons (Fsp3) is 0.167. The number of amides is 1. The minimum atomic E-state index is -0.369. The molecule has 5 nitrogen and oxygen atoms in total. The van der Waals surface area contributed by atoms with Gasteiger partial charge < -0.3 is 9.42 Å². The molecule has 3 aromatic rings. The van der Waals surface area contributed by atoms with E-state index in [-0.39, 0.29) is 23.5 Å². The van der Waals surface area contributed by atoms with Gasteiger partial charge in [-0.2, -0.15) is 0 Å². The van der Waals surface area contributed by atoms with Gasteiger partial charge in [-0.3, -0.25) is 9.78 Å². The number of benzene rings is 1. The summed E-state index contributed by atoms with van der Waals surface area (Å²) in [4.78, 5) is 18.1. The van der Waals surface area contributed by atoms with Crippen molar-refractivity contribution in [2.75, 3.05) is 7.05 Å². The van der Waals surface area contributed by atoms with Crippen molar-refractivity contribution in [3.8, 4) is 11.3 Å². The number of carbonyl (C=O) groups excluding carboxylic acids is 1. The number of aromatic nitrogens is 2. The van der Waals surface area contributed by atoms with Crippen LogP contribution in [0.3, 0.4) is 0 Å². The Morgan fingerprint density at radius 3 is 2.67 bits per heavy atom. The zero-order valence-corrected chi connectivity index (χ0v) is 13.3. The third kappa shape index (κ3) is 3.17.